The van der Waals surface area contributed by atoms with Gasteiger partial charge in [-0.05, 0) is 30.2 Å². The number of thioether (sulfide) groups is 1. The van der Waals surface area contributed by atoms with Gasteiger partial charge in [0.2, 0.25) is 0 Å². The molecular weight excluding hydrogens is 333 g/mol. The first-order chi connectivity index (χ1) is 12.2. The van der Waals surface area contributed by atoms with Crippen LogP contribution in [-0.2, 0) is 13.0 Å². The standard InChI is InChI=1S/C20H20FN3S/c1-3-12-24-19(13-16-8-5-4-6-9-16)22-23-20(24)25-15(2)17-10-7-11-18(21)14-17/h3-11,14-15H,1,12-13H2,2H3. The Bertz CT molecular complexity index is 845. The fourth-order valence-electron chi connectivity index (χ4n) is 2.61. The molecule has 3 aromatic rings. The smallest absolute Gasteiger partial charge is 0.192 e. The maximum Gasteiger partial charge on any atom is 0.192 e. The van der Waals surface area contributed by atoms with Gasteiger partial charge in [-0.2, -0.15) is 0 Å². The van der Waals surface area contributed by atoms with E-state index in [2.05, 4.69) is 33.5 Å². The van der Waals surface area contributed by atoms with Gasteiger partial charge in [0.05, 0.1) is 0 Å². The lowest BCUT2D eigenvalue weighted by Gasteiger charge is -2.13. The van der Waals surface area contributed by atoms with Crippen LogP contribution >= 0.6 is 11.8 Å². The second-order valence-electron chi connectivity index (χ2n) is 5.78. The molecule has 1 unspecified atom stereocenters. The molecule has 1 atom stereocenters. The SMILES string of the molecule is C=CCn1c(Cc2ccccc2)nnc1SC(C)c1cccc(F)c1. The van der Waals surface area contributed by atoms with Gasteiger partial charge in [0, 0.05) is 18.2 Å². The molecular formula is C20H20FN3S. The van der Waals surface area contributed by atoms with Gasteiger partial charge >= 0.3 is 0 Å². The van der Waals surface area contributed by atoms with Crippen molar-refractivity contribution >= 4 is 11.8 Å². The minimum Gasteiger partial charge on any atom is -0.302 e. The summed E-state index contributed by atoms with van der Waals surface area (Å²) in [5.74, 6) is 0.683. The largest absolute Gasteiger partial charge is 0.302 e. The molecule has 1 aromatic heterocycles. The van der Waals surface area contributed by atoms with E-state index in [1.165, 1.54) is 11.6 Å². The Morgan fingerprint density at radius 1 is 1.16 bits per heavy atom. The Hall–Kier alpha value is -2.40. The van der Waals surface area contributed by atoms with Gasteiger partial charge in [-0.15, -0.1) is 16.8 Å². The van der Waals surface area contributed by atoms with E-state index in [1.807, 2.05) is 37.3 Å². The monoisotopic (exact) mass is 353 g/mol. The van der Waals surface area contributed by atoms with Crippen LogP contribution in [0.25, 0.3) is 0 Å². The molecule has 0 aliphatic rings. The van der Waals surface area contributed by atoms with E-state index in [9.17, 15) is 4.39 Å². The summed E-state index contributed by atoms with van der Waals surface area (Å²) in [5, 5.41) is 9.62. The summed E-state index contributed by atoms with van der Waals surface area (Å²) in [4.78, 5) is 0. The number of halogens is 1. The minimum atomic E-state index is -0.220. The van der Waals surface area contributed by atoms with Crippen LogP contribution in [0.3, 0.4) is 0 Å². The van der Waals surface area contributed by atoms with Crippen molar-refractivity contribution in [3.05, 3.63) is 90.0 Å². The molecule has 0 amide bonds. The molecule has 0 saturated heterocycles. The third-order valence-corrected chi connectivity index (χ3v) is 5.05. The van der Waals surface area contributed by atoms with E-state index in [0.29, 0.717) is 6.54 Å². The summed E-state index contributed by atoms with van der Waals surface area (Å²) in [6.07, 6.45) is 2.56. The molecule has 0 aliphatic heterocycles. The van der Waals surface area contributed by atoms with Gasteiger partial charge in [0.15, 0.2) is 5.16 Å². The minimum absolute atomic E-state index is 0.0769. The molecule has 128 valence electrons. The first kappa shape index (κ1) is 17.4. The summed E-state index contributed by atoms with van der Waals surface area (Å²) in [5.41, 5.74) is 2.12. The molecule has 0 radical (unpaired) electrons. The highest BCUT2D eigenvalue weighted by Crippen LogP contribution is 2.34. The highest BCUT2D eigenvalue weighted by molar-refractivity contribution is 7.99. The number of rotatable bonds is 7. The lowest BCUT2D eigenvalue weighted by molar-refractivity contribution is 0.625. The molecule has 2 aromatic carbocycles. The van der Waals surface area contributed by atoms with Gasteiger partial charge in [-0.25, -0.2) is 4.39 Å². The van der Waals surface area contributed by atoms with Crippen molar-refractivity contribution in [2.75, 3.05) is 0 Å². The quantitative estimate of drug-likeness (QED) is 0.440. The van der Waals surface area contributed by atoms with Crippen molar-refractivity contribution in [1.29, 1.82) is 0 Å². The zero-order chi connectivity index (χ0) is 17.6. The summed E-state index contributed by atoms with van der Waals surface area (Å²) in [7, 11) is 0. The molecule has 1 heterocycles. The molecule has 3 rings (SSSR count). The number of aromatic nitrogens is 3. The average molecular weight is 353 g/mol. The van der Waals surface area contributed by atoms with E-state index in [-0.39, 0.29) is 11.1 Å². The van der Waals surface area contributed by atoms with Crippen molar-refractivity contribution < 1.29 is 4.39 Å². The second kappa shape index (κ2) is 8.12. The van der Waals surface area contributed by atoms with Gasteiger partial charge < -0.3 is 4.57 Å². The zero-order valence-corrected chi connectivity index (χ0v) is 14.9. The molecule has 3 nitrogen and oxygen atoms in total. The molecule has 0 aliphatic carbocycles. The second-order valence-corrected chi connectivity index (χ2v) is 7.08. The van der Waals surface area contributed by atoms with E-state index in [1.54, 1.807) is 23.9 Å². The maximum absolute atomic E-state index is 13.5. The van der Waals surface area contributed by atoms with Crippen molar-refractivity contribution in [3.8, 4) is 0 Å². The van der Waals surface area contributed by atoms with Crippen LogP contribution in [0, 0.1) is 5.82 Å². The van der Waals surface area contributed by atoms with Gasteiger partial charge in [0.25, 0.3) is 0 Å². The number of hydrogen-bond donors (Lipinski definition) is 0. The molecule has 0 N–H and O–H groups in total. The van der Waals surface area contributed by atoms with E-state index in [0.717, 1.165) is 23.0 Å². The van der Waals surface area contributed by atoms with E-state index >= 15 is 0 Å². The predicted octanol–water partition coefficient (Wildman–Crippen LogP) is 5.05. The summed E-state index contributed by atoms with van der Waals surface area (Å²) in [6.45, 7) is 6.53. The highest BCUT2D eigenvalue weighted by atomic mass is 32.2. The summed E-state index contributed by atoms with van der Waals surface area (Å²) < 4.78 is 15.5. The van der Waals surface area contributed by atoms with Crippen LogP contribution < -0.4 is 0 Å². The molecule has 0 saturated carbocycles. The summed E-state index contributed by atoms with van der Waals surface area (Å²) >= 11 is 1.58. The summed E-state index contributed by atoms with van der Waals surface area (Å²) in [6, 6.07) is 16.9. The van der Waals surface area contributed by atoms with Crippen molar-refractivity contribution in [2.24, 2.45) is 0 Å². The molecule has 0 spiro atoms. The van der Waals surface area contributed by atoms with Crippen LogP contribution in [0.5, 0.6) is 0 Å². The van der Waals surface area contributed by atoms with Crippen LogP contribution in [-0.4, -0.2) is 14.8 Å². The first-order valence-corrected chi connectivity index (χ1v) is 9.04. The first-order valence-electron chi connectivity index (χ1n) is 8.16. The van der Waals surface area contributed by atoms with Crippen LogP contribution in [0.1, 0.15) is 29.1 Å². The zero-order valence-electron chi connectivity index (χ0n) is 14.1. The maximum atomic E-state index is 13.5. The van der Waals surface area contributed by atoms with Crippen LogP contribution in [0.4, 0.5) is 4.39 Å². The van der Waals surface area contributed by atoms with Crippen molar-refractivity contribution in [1.82, 2.24) is 14.8 Å². The number of allylic oxidation sites excluding steroid dienone is 1. The fourth-order valence-corrected chi connectivity index (χ4v) is 3.61. The topological polar surface area (TPSA) is 30.7 Å². The fraction of sp³-hybridized carbons (Fsp3) is 0.200. The van der Waals surface area contributed by atoms with Crippen LogP contribution in [0.15, 0.2) is 72.4 Å². The number of benzene rings is 2. The van der Waals surface area contributed by atoms with E-state index < -0.39 is 0 Å². The predicted molar refractivity (Wildman–Crippen MR) is 100 cm³/mol. The molecule has 5 heteroatoms. The Morgan fingerprint density at radius 3 is 2.68 bits per heavy atom. The highest BCUT2D eigenvalue weighted by Gasteiger charge is 2.16. The molecule has 25 heavy (non-hydrogen) atoms. The third-order valence-electron chi connectivity index (χ3n) is 3.91. The Morgan fingerprint density at radius 2 is 1.96 bits per heavy atom. The van der Waals surface area contributed by atoms with Gasteiger partial charge in [0.1, 0.15) is 11.6 Å². The number of hydrogen-bond acceptors (Lipinski definition) is 3. The Labute approximate surface area is 151 Å². The molecule has 0 bridgehead atoms. The van der Waals surface area contributed by atoms with Crippen molar-refractivity contribution in [3.63, 3.8) is 0 Å². The lowest BCUT2D eigenvalue weighted by Crippen LogP contribution is -2.05. The third kappa shape index (κ3) is 4.37. The van der Waals surface area contributed by atoms with Gasteiger partial charge in [-0.3, -0.25) is 0 Å². The lowest BCUT2D eigenvalue weighted by atomic mass is 10.1. The van der Waals surface area contributed by atoms with Gasteiger partial charge in [-0.1, -0.05) is 60.3 Å². The van der Waals surface area contributed by atoms with E-state index in [4.69, 9.17) is 0 Å². The average Bonchev–Trinajstić information content (AvgIpc) is 2.98. The molecule has 0 fully saturated rings. The Balaban J connectivity index is 1.82. The van der Waals surface area contributed by atoms with Crippen molar-refractivity contribution in [2.45, 2.75) is 30.3 Å². The van der Waals surface area contributed by atoms with Crippen LogP contribution in [0.2, 0.25) is 0 Å². The Kier molecular flexibility index (Phi) is 5.66. The number of nitrogens with zero attached hydrogens (tertiary/aromatic N) is 3. The normalized spacial score (nSPS) is 12.1.